The zero-order chi connectivity index (χ0) is 14.6. The standard InChI is InChI=1S/C11H9F6NO/c12-7-4-6(5-8(13)9(7)14)10(19)18-3-1-2-11(15,16)17/h4-5H,1-3H2,(H,18,19). The Morgan fingerprint density at radius 3 is 2.11 bits per heavy atom. The Morgan fingerprint density at radius 2 is 1.63 bits per heavy atom. The lowest BCUT2D eigenvalue weighted by molar-refractivity contribution is -0.135. The monoisotopic (exact) mass is 285 g/mol. The molecule has 0 saturated heterocycles. The van der Waals surface area contributed by atoms with Crippen molar-refractivity contribution in [1.82, 2.24) is 5.32 Å². The molecule has 0 bridgehead atoms. The van der Waals surface area contributed by atoms with Crippen molar-refractivity contribution in [1.29, 1.82) is 0 Å². The van der Waals surface area contributed by atoms with Crippen molar-refractivity contribution in [2.24, 2.45) is 0 Å². The number of carbonyl (C=O) groups excluding carboxylic acids is 1. The normalized spacial score (nSPS) is 11.5. The largest absolute Gasteiger partial charge is 0.389 e. The third-order valence-electron chi connectivity index (χ3n) is 2.17. The second-order valence-electron chi connectivity index (χ2n) is 3.73. The Kier molecular flexibility index (Phi) is 4.79. The highest BCUT2D eigenvalue weighted by Gasteiger charge is 2.26. The molecular formula is C11H9F6NO. The Labute approximate surface area is 104 Å². The number of benzene rings is 1. The van der Waals surface area contributed by atoms with Crippen molar-refractivity contribution in [3.05, 3.63) is 35.1 Å². The van der Waals surface area contributed by atoms with E-state index in [0.717, 1.165) is 0 Å². The number of halogens is 6. The van der Waals surface area contributed by atoms with Crippen LogP contribution < -0.4 is 5.32 Å². The van der Waals surface area contributed by atoms with Gasteiger partial charge in [-0.25, -0.2) is 13.2 Å². The van der Waals surface area contributed by atoms with Gasteiger partial charge < -0.3 is 5.32 Å². The average Bonchev–Trinajstić information content (AvgIpc) is 2.29. The maximum atomic E-state index is 12.8. The van der Waals surface area contributed by atoms with Gasteiger partial charge in [-0.3, -0.25) is 4.79 Å². The van der Waals surface area contributed by atoms with Crippen LogP contribution in [0.1, 0.15) is 23.2 Å². The lowest BCUT2D eigenvalue weighted by Gasteiger charge is -2.08. The Hall–Kier alpha value is -1.73. The molecule has 1 aromatic carbocycles. The summed E-state index contributed by atoms with van der Waals surface area (Å²) in [5, 5.41) is 2.05. The summed E-state index contributed by atoms with van der Waals surface area (Å²) in [4.78, 5) is 11.3. The summed E-state index contributed by atoms with van der Waals surface area (Å²) >= 11 is 0. The fourth-order valence-corrected chi connectivity index (χ4v) is 1.28. The van der Waals surface area contributed by atoms with Gasteiger partial charge in [-0.05, 0) is 18.6 Å². The van der Waals surface area contributed by atoms with Crippen molar-refractivity contribution in [3.63, 3.8) is 0 Å². The van der Waals surface area contributed by atoms with Crippen molar-refractivity contribution < 1.29 is 31.1 Å². The van der Waals surface area contributed by atoms with E-state index < -0.39 is 41.5 Å². The molecule has 1 N–H and O–H groups in total. The van der Waals surface area contributed by atoms with E-state index in [1.165, 1.54) is 0 Å². The van der Waals surface area contributed by atoms with Gasteiger partial charge in [0.2, 0.25) is 0 Å². The van der Waals surface area contributed by atoms with Crippen LogP contribution in [0.15, 0.2) is 12.1 Å². The second kappa shape index (κ2) is 5.94. The van der Waals surface area contributed by atoms with Crippen LogP contribution in [0.25, 0.3) is 0 Å². The minimum Gasteiger partial charge on any atom is -0.352 e. The maximum Gasteiger partial charge on any atom is 0.389 e. The molecule has 1 rings (SSSR count). The highest BCUT2D eigenvalue weighted by molar-refractivity contribution is 5.94. The minimum absolute atomic E-state index is 0.307. The van der Waals surface area contributed by atoms with Gasteiger partial charge in [0.15, 0.2) is 17.5 Å². The number of rotatable bonds is 4. The number of hydrogen-bond donors (Lipinski definition) is 1. The third-order valence-corrected chi connectivity index (χ3v) is 2.17. The first-order chi connectivity index (χ1) is 8.70. The van der Waals surface area contributed by atoms with E-state index in [1.54, 1.807) is 0 Å². The van der Waals surface area contributed by atoms with E-state index >= 15 is 0 Å². The van der Waals surface area contributed by atoms with Gasteiger partial charge in [0, 0.05) is 18.5 Å². The summed E-state index contributed by atoms with van der Waals surface area (Å²) in [7, 11) is 0. The molecule has 0 fully saturated rings. The smallest absolute Gasteiger partial charge is 0.352 e. The molecule has 106 valence electrons. The quantitative estimate of drug-likeness (QED) is 0.514. The molecule has 0 saturated carbocycles. The van der Waals surface area contributed by atoms with E-state index in [0.29, 0.717) is 12.1 Å². The molecule has 0 unspecified atom stereocenters. The molecule has 1 aromatic rings. The summed E-state index contributed by atoms with van der Waals surface area (Å²) in [5.74, 6) is -5.77. The first-order valence-corrected chi connectivity index (χ1v) is 5.20. The van der Waals surface area contributed by atoms with E-state index in [1.807, 2.05) is 0 Å². The van der Waals surface area contributed by atoms with Crippen LogP contribution in [-0.2, 0) is 0 Å². The number of carbonyl (C=O) groups is 1. The maximum absolute atomic E-state index is 12.8. The number of alkyl halides is 3. The van der Waals surface area contributed by atoms with Crippen LogP contribution in [0.3, 0.4) is 0 Å². The SMILES string of the molecule is O=C(NCCCC(F)(F)F)c1cc(F)c(F)c(F)c1. The Balaban J connectivity index is 2.55. The molecule has 0 atom stereocenters. The molecule has 0 aromatic heterocycles. The minimum atomic E-state index is -4.33. The van der Waals surface area contributed by atoms with E-state index in [9.17, 15) is 31.1 Å². The van der Waals surface area contributed by atoms with Gasteiger partial charge in [-0.1, -0.05) is 0 Å². The topological polar surface area (TPSA) is 29.1 Å². The highest BCUT2D eigenvalue weighted by Crippen LogP contribution is 2.20. The van der Waals surface area contributed by atoms with Crippen LogP contribution >= 0.6 is 0 Å². The van der Waals surface area contributed by atoms with Crippen LogP contribution in [0.2, 0.25) is 0 Å². The van der Waals surface area contributed by atoms with E-state index in [4.69, 9.17) is 0 Å². The number of hydrogen-bond acceptors (Lipinski definition) is 1. The lowest BCUT2D eigenvalue weighted by Crippen LogP contribution is -2.26. The lowest BCUT2D eigenvalue weighted by atomic mass is 10.2. The fraction of sp³-hybridized carbons (Fsp3) is 0.364. The summed E-state index contributed by atoms with van der Waals surface area (Å²) in [5.41, 5.74) is -0.497. The predicted molar refractivity (Wildman–Crippen MR) is 53.9 cm³/mol. The van der Waals surface area contributed by atoms with Gasteiger partial charge in [0.05, 0.1) is 0 Å². The van der Waals surface area contributed by atoms with Crippen molar-refractivity contribution in [2.45, 2.75) is 19.0 Å². The van der Waals surface area contributed by atoms with Crippen LogP contribution in [0.5, 0.6) is 0 Å². The molecule has 2 nitrogen and oxygen atoms in total. The molecule has 0 aliphatic heterocycles. The van der Waals surface area contributed by atoms with Crippen molar-refractivity contribution in [2.75, 3.05) is 6.54 Å². The molecule has 0 aliphatic carbocycles. The van der Waals surface area contributed by atoms with Gasteiger partial charge in [-0.15, -0.1) is 0 Å². The molecule has 8 heteroatoms. The molecule has 0 spiro atoms. The fourth-order valence-electron chi connectivity index (χ4n) is 1.28. The van der Waals surface area contributed by atoms with Crippen molar-refractivity contribution in [3.8, 4) is 0 Å². The van der Waals surface area contributed by atoms with Gasteiger partial charge in [0.25, 0.3) is 5.91 Å². The zero-order valence-corrected chi connectivity index (χ0v) is 9.45. The molecule has 1 amide bonds. The predicted octanol–water partition coefficient (Wildman–Crippen LogP) is 3.18. The molecule has 19 heavy (non-hydrogen) atoms. The molecule has 0 radical (unpaired) electrons. The van der Waals surface area contributed by atoms with E-state index in [2.05, 4.69) is 5.32 Å². The third kappa shape index (κ3) is 4.80. The van der Waals surface area contributed by atoms with Crippen LogP contribution in [0.4, 0.5) is 26.3 Å². The highest BCUT2D eigenvalue weighted by atomic mass is 19.4. The Bertz CT molecular complexity index is 448. The first-order valence-electron chi connectivity index (χ1n) is 5.20. The molecule has 0 heterocycles. The number of nitrogens with one attached hydrogen (secondary N) is 1. The van der Waals surface area contributed by atoms with E-state index in [-0.39, 0.29) is 13.0 Å². The number of amides is 1. The summed E-state index contributed by atoms with van der Waals surface area (Å²) < 4.78 is 73.6. The molecule has 0 aliphatic rings. The van der Waals surface area contributed by atoms with Crippen LogP contribution in [-0.4, -0.2) is 18.6 Å². The zero-order valence-electron chi connectivity index (χ0n) is 9.45. The second-order valence-corrected chi connectivity index (χ2v) is 3.73. The average molecular weight is 285 g/mol. The van der Waals surface area contributed by atoms with Crippen molar-refractivity contribution >= 4 is 5.91 Å². The van der Waals surface area contributed by atoms with Gasteiger partial charge in [0.1, 0.15) is 0 Å². The summed E-state index contributed by atoms with van der Waals surface area (Å²) in [6, 6.07) is 0.939. The summed E-state index contributed by atoms with van der Waals surface area (Å²) in [6.45, 7) is -0.307. The van der Waals surface area contributed by atoms with Crippen LogP contribution in [0, 0.1) is 17.5 Å². The first kappa shape index (κ1) is 15.3. The molecular weight excluding hydrogens is 276 g/mol. The van der Waals surface area contributed by atoms with Gasteiger partial charge >= 0.3 is 6.18 Å². The Morgan fingerprint density at radius 1 is 1.11 bits per heavy atom. The summed E-state index contributed by atoms with van der Waals surface area (Å²) in [6.07, 6.45) is -5.78. The van der Waals surface area contributed by atoms with Gasteiger partial charge in [-0.2, -0.15) is 13.2 Å².